The average molecular weight is 338 g/mol. The van der Waals surface area contributed by atoms with Crippen LogP contribution in [0.3, 0.4) is 0 Å². The van der Waals surface area contributed by atoms with Crippen LogP contribution in [0.4, 0.5) is 0 Å². The van der Waals surface area contributed by atoms with Gasteiger partial charge < -0.3 is 9.84 Å². The second-order valence-electron chi connectivity index (χ2n) is 6.30. The van der Waals surface area contributed by atoms with Crippen molar-refractivity contribution in [1.29, 1.82) is 0 Å². The third-order valence-electron chi connectivity index (χ3n) is 4.81. The highest BCUT2D eigenvalue weighted by Gasteiger charge is 2.31. The summed E-state index contributed by atoms with van der Waals surface area (Å²) in [4.78, 5) is 12.7. The van der Waals surface area contributed by atoms with E-state index in [0.29, 0.717) is 16.9 Å². The van der Waals surface area contributed by atoms with Gasteiger partial charge in [-0.05, 0) is 28.3 Å². The normalized spacial score (nSPS) is 14.8. The van der Waals surface area contributed by atoms with Crippen molar-refractivity contribution in [1.82, 2.24) is 0 Å². The monoisotopic (exact) mass is 338 g/mol. The predicted octanol–water partition coefficient (Wildman–Crippen LogP) is 5.16. The zero-order valence-electron chi connectivity index (χ0n) is 13.8. The van der Waals surface area contributed by atoms with E-state index in [1.807, 2.05) is 48.5 Å². The van der Waals surface area contributed by atoms with Crippen LogP contribution < -0.4 is 4.74 Å². The molecule has 3 nitrogen and oxygen atoms in total. The van der Waals surface area contributed by atoms with Gasteiger partial charge in [0.1, 0.15) is 11.5 Å². The van der Waals surface area contributed by atoms with Gasteiger partial charge in [0.05, 0.1) is 5.57 Å². The first kappa shape index (κ1) is 14.7. The molecule has 3 heteroatoms. The van der Waals surface area contributed by atoms with E-state index < -0.39 is 5.97 Å². The molecule has 0 saturated carbocycles. The molecule has 0 fully saturated rings. The predicted molar refractivity (Wildman–Crippen MR) is 103 cm³/mol. The molecule has 0 aromatic heterocycles. The number of aromatic hydroxyl groups is 1. The Morgan fingerprint density at radius 3 is 2.04 bits per heavy atom. The van der Waals surface area contributed by atoms with Gasteiger partial charge in [0.25, 0.3) is 0 Å². The third kappa shape index (κ3) is 2.04. The van der Waals surface area contributed by atoms with Crippen LogP contribution in [-0.4, -0.2) is 11.1 Å². The van der Waals surface area contributed by atoms with E-state index in [9.17, 15) is 9.90 Å². The fourth-order valence-electron chi connectivity index (χ4n) is 3.63. The van der Waals surface area contributed by atoms with Crippen molar-refractivity contribution >= 4 is 39.2 Å². The Morgan fingerprint density at radius 2 is 1.31 bits per heavy atom. The SMILES string of the molecule is O=C1Oc2c(c3ccccc3c3ccccc23)/C1=C/c1ccccc1O. The Hall–Kier alpha value is -3.59. The van der Waals surface area contributed by atoms with E-state index in [4.69, 9.17) is 4.74 Å². The van der Waals surface area contributed by atoms with Gasteiger partial charge in [-0.1, -0.05) is 66.7 Å². The van der Waals surface area contributed by atoms with Crippen LogP contribution in [-0.2, 0) is 4.79 Å². The molecule has 0 bridgehead atoms. The summed E-state index contributed by atoms with van der Waals surface area (Å²) in [5.74, 6) is 0.321. The summed E-state index contributed by atoms with van der Waals surface area (Å²) < 4.78 is 5.66. The highest BCUT2D eigenvalue weighted by Crippen LogP contribution is 2.46. The number of phenols is 1. The smallest absolute Gasteiger partial charge is 0.344 e. The minimum absolute atomic E-state index is 0.131. The van der Waals surface area contributed by atoms with Crippen LogP contribution in [0.5, 0.6) is 11.5 Å². The van der Waals surface area contributed by atoms with Crippen molar-refractivity contribution in [2.24, 2.45) is 0 Å². The number of phenolic OH excluding ortho intramolecular Hbond substituents is 1. The van der Waals surface area contributed by atoms with E-state index in [0.717, 1.165) is 27.1 Å². The molecule has 0 amide bonds. The number of ether oxygens (including phenoxy) is 1. The molecule has 5 rings (SSSR count). The topological polar surface area (TPSA) is 46.5 Å². The number of rotatable bonds is 1. The second-order valence-corrected chi connectivity index (χ2v) is 6.30. The van der Waals surface area contributed by atoms with E-state index in [1.54, 1.807) is 24.3 Å². The molecule has 26 heavy (non-hydrogen) atoms. The van der Waals surface area contributed by atoms with Crippen molar-refractivity contribution in [2.45, 2.75) is 0 Å². The number of esters is 1. The first-order valence-electron chi connectivity index (χ1n) is 8.40. The van der Waals surface area contributed by atoms with Crippen LogP contribution in [0.2, 0.25) is 0 Å². The zero-order chi connectivity index (χ0) is 17.7. The molecule has 4 aromatic carbocycles. The lowest BCUT2D eigenvalue weighted by molar-refractivity contribution is -0.126. The van der Waals surface area contributed by atoms with Crippen LogP contribution >= 0.6 is 0 Å². The molecular formula is C23H14O3. The maximum Gasteiger partial charge on any atom is 0.344 e. The van der Waals surface area contributed by atoms with Crippen molar-refractivity contribution in [3.8, 4) is 11.5 Å². The van der Waals surface area contributed by atoms with Crippen molar-refractivity contribution in [2.75, 3.05) is 0 Å². The number of hydrogen-bond donors (Lipinski definition) is 1. The molecule has 1 N–H and O–H groups in total. The molecule has 0 atom stereocenters. The summed E-state index contributed by atoms with van der Waals surface area (Å²) in [7, 11) is 0. The Morgan fingerprint density at radius 1 is 0.731 bits per heavy atom. The largest absolute Gasteiger partial charge is 0.507 e. The average Bonchev–Trinajstić information content (AvgIpc) is 3.00. The third-order valence-corrected chi connectivity index (χ3v) is 4.81. The number of fused-ring (bicyclic) bond motifs is 6. The van der Waals surface area contributed by atoms with Crippen LogP contribution in [0, 0.1) is 0 Å². The first-order chi connectivity index (χ1) is 12.7. The number of carbonyl (C=O) groups excluding carboxylic acids is 1. The summed E-state index contributed by atoms with van der Waals surface area (Å²) in [6.45, 7) is 0. The second kappa shape index (κ2) is 5.46. The Bertz CT molecular complexity index is 1230. The Kier molecular flexibility index (Phi) is 3.09. The molecule has 124 valence electrons. The standard InChI is InChI=1S/C23H14O3/c24-20-12-6-1-7-14(20)13-19-21-17-10-4-2-8-15(17)16-9-3-5-11-18(16)22(21)26-23(19)25/h1-13,24H/b19-13-. The van der Waals surface area contributed by atoms with Crippen molar-refractivity contribution < 1.29 is 14.6 Å². The number of carbonyl (C=O) groups is 1. The molecule has 0 saturated heterocycles. The molecule has 1 heterocycles. The Labute approximate surface area is 149 Å². The van der Waals surface area contributed by atoms with Gasteiger partial charge in [-0.15, -0.1) is 0 Å². The van der Waals surface area contributed by atoms with Crippen molar-refractivity contribution in [3.63, 3.8) is 0 Å². The van der Waals surface area contributed by atoms with Gasteiger partial charge in [-0.2, -0.15) is 0 Å². The summed E-state index contributed by atoms with van der Waals surface area (Å²) in [6, 6.07) is 22.9. The molecule has 1 aliphatic rings. The number of para-hydroxylation sites is 1. The lowest BCUT2D eigenvalue weighted by Gasteiger charge is -2.09. The fraction of sp³-hybridized carbons (Fsp3) is 0. The van der Waals surface area contributed by atoms with Crippen LogP contribution in [0.25, 0.3) is 33.2 Å². The van der Waals surface area contributed by atoms with Gasteiger partial charge >= 0.3 is 5.97 Å². The van der Waals surface area contributed by atoms with Gasteiger partial charge in [-0.3, -0.25) is 0 Å². The lowest BCUT2D eigenvalue weighted by Crippen LogP contribution is -2.00. The summed E-state index contributed by atoms with van der Waals surface area (Å²) >= 11 is 0. The maximum atomic E-state index is 12.7. The first-order valence-corrected chi connectivity index (χ1v) is 8.40. The Balaban J connectivity index is 1.91. The molecule has 0 unspecified atom stereocenters. The molecule has 1 aliphatic heterocycles. The highest BCUT2D eigenvalue weighted by molar-refractivity contribution is 6.33. The summed E-state index contributed by atoms with van der Waals surface area (Å²) in [6.07, 6.45) is 1.70. The van der Waals surface area contributed by atoms with Crippen LogP contribution in [0.15, 0.2) is 72.8 Å². The minimum Gasteiger partial charge on any atom is -0.507 e. The molecule has 0 aliphatic carbocycles. The number of hydrogen-bond acceptors (Lipinski definition) is 3. The molecule has 0 radical (unpaired) electrons. The molecule has 0 spiro atoms. The van der Waals surface area contributed by atoms with E-state index in [2.05, 4.69) is 6.07 Å². The summed E-state index contributed by atoms with van der Waals surface area (Å²) in [5.41, 5.74) is 1.83. The van der Waals surface area contributed by atoms with Gasteiger partial charge in [-0.25, -0.2) is 4.79 Å². The highest BCUT2D eigenvalue weighted by atomic mass is 16.5. The fourth-order valence-corrected chi connectivity index (χ4v) is 3.63. The maximum absolute atomic E-state index is 12.7. The zero-order valence-corrected chi connectivity index (χ0v) is 13.8. The summed E-state index contributed by atoms with van der Waals surface area (Å²) in [5, 5.41) is 14.1. The lowest BCUT2D eigenvalue weighted by atomic mass is 9.92. The van der Waals surface area contributed by atoms with Gasteiger partial charge in [0, 0.05) is 16.5 Å². The van der Waals surface area contributed by atoms with Crippen molar-refractivity contribution in [3.05, 3.63) is 83.9 Å². The van der Waals surface area contributed by atoms with E-state index in [-0.39, 0.29) is 5.75 Å². The quantitative estimate of drug-likeness (QED) is 0.226. The minimum atomic E-state index is -0.398. The number of benzene rings is 4. The van der Waals surface area contributed by atoms with E-state index >= 15 is 0 Å². The molecule has 4 aromatic rings. The van der Waals surface area contributed by atoms with E-state index in [1.165, 1.54) is 0 Å². The van der Waals surface area contributed by atoms with Crippen LogP contribution in [0.1, 0.15) is 11.1 Å². The molecular weight excluding hydrogens is 324 g/mol. The van der Waals surface area contributed by atoms with Gasteiger partial charge in [0.2, 0.25) is 0 Å². The van der Waals surface area contributed by atoms with Gasteiger partial charge in [0.15, 0.2) is 0 Å².